The molecule has 0 aromatic heterocycles. The van der Waals surface area contributed by atoms with Crippen LogP contribution in [0.1, 0.15) is 19.3 Å². The standard InChI is InChI=1S/C14H25N3O3/c1-16(2)13(18)10-4-6-17(7-5-10)14(19)12-8-11(20-3)9-15-12/h10-12,15H,4-9H2,1-3H3. The summed E-state index contributed by atoms with van der Waals surface area (Å²) in [5, 5.41) is 3.22. The van der Waals surface area contributed by atoms with E-state index in [1.807, 2.05) is 4.90 Å². The van der Waals surface area contributed by atoms with Crippen LogP contribution in [0.2, 0.25) is 0 Å². The lowest BCUT2D eigenvalue weighted by Crippen LogP contribution is -2.48. The van der Waals surface area contributed by atoms with Crippen molar-refractivity contribution in [3.05, 3.63) is 0 Å². The van der Waals surface area contributed by atoms with Gasteiger partial charge in [0.1, 0.15) is 0 Å². The molecule has 0 aliphatic carbocycles. The molecule has 2 unspecified atom stereocenters. The van der Waals surface area contributed by atoms with E-state index < -0.39 is 0 Å². The highest BCUT2D eigenvalue weighted by Gasteiger charge is 2.35. The number of hydrogen-bond donors (Lipinski definition) is 1. The molecule has 20 heavy (non-hydrogen) atoms. The fraction of sp³-hybridized carbons (Fsp3) is 0.857. The molecule has 6 heteroatoms. The van der Waals surface area contributed by atoms with Gasteiger partial charge in [0, 0.05) is 46.8 Å². The normalized spacial score (nSPS) is 27.6. The molecule has 2 heterocycles. The molecule has 2 amide bonds. The van der Waals surface area contributed by atoms with E-state index in [0.29, 0.717) is 13.1 Å². The van der Waals surface area contributed by atoms with Gasteiger partial charge in [-0.05, 0) is 19.3 Å². The van der Waals surface area contributed by atoms with Crippen LogP contribution in [0, 0.1) is 5.92 Å². The van der Waals surface area contributed by atoms with E-state index in [1.54, 1.807) is 26.1 Å². The van der Waals surface area contributed by atoms with Crippen molar-refractivity contribution in [2.45, 2.75) is 31.4 Å². The molecule has 0 radical (unpaired) electrons. The molecular formula is C14H25N3O3. The van der Waals surface area contributed by atoms with Gasteiger partial charge in [0.25, 0.3) is 0 Å². The lowest BCUT2D eigenvalue weighted by atomic mass is 9.95. The Hall–Kier alpha value is -1.14. The molecule has 0 aromatic carbocycles. The SMILES string of the molecule is COC1CNC(C(=O)N2CCC(C(=O)N(C)C)CC2)C1. The summed E-state index contributed by atoms with van der Waals surface area (Å²) in [6.45, 7) is 2.10. The van der Waals surface area contributed by atoms with Gasteiger partial charge in [0.15, 0.2) is 0 Å². The second-order valence-electron chi connectivity index (χ2n) is 5.89. The zero-order chi connectivity index (χ0) is 14.7. The van der Waals surface area contributed by atoms with Crippen LogP contribution >= 0.6 is 0 Å². The highest BCUT2D eigenvalue weighted by Crippen LogP contribution is 2.21. The quantitative estimate of drug-likeness (QED) is 0.772. The van der Waals surface area contributed by atoms with Gasteiger partial charge in [0.2, 0.25) is 11.8 Å². The summed E-state index contributed by atoms with van der Waals surface area (Å²) in [6, 6.07) is -0.124. The lowest BCUT2D eigenvalue weighted by Gasteiger charge is -2.33. The predicted octanol–water partition coefficient (Wildman–Crippen LogP) is -0.310. The number of carbonyl (C=O) groups is 2. The van der Waals surface area contributed by atoms with Crippen molar-refractivity contribution in [2.75, 3.05) is 40.8 Å². The highest BCUT2D eigenvalue weighted by atomic mass is 16.5. The molecule has 0 bridgehead atoms. The summed E-state index contributed by atoms with van der Waals surface area (Å²) in [5.41, 5.74) is 0. The average molecular weight is 283 g/mol. The minimum absolute atomic E-state index is 0.0670. The maximum atomic E-state index is 12.4. The average Bonchev–Trinajstić information content (AvgIpc) is 2.94. The Kier molecular flexibility index (Phi) is 4.99. The number of carbonyl (C=O) groups excluding carboxylic acids is 2. The van der Waals surface area contributed by atoms with E-state index in [2.05, 4.69) is 5.32 Å². The first kappa shape index (κ1) is 15.3. The van der Waals surface area contributed by atoms with Crippen molar-refractivity contribution >= 4 is 11.8 Å². The molecule has 114 valence electrons. The summed E-state index contributed by atoms with van der Waals surface area (Å²) >= 11 is 0. The zero-order valence-corrected chi connectivity index (χ0v) is 12.6. The smallest absolute Gasteiger partial charge is 0.239 e. The van der Waals surface area contributed by atoms with Crippen LogP contribution in [0.5, 0.6) is 0 Å². The van der Waals surface area contributed by atoms with Crippen LogP contribution < -0.4 is 5.32 Å². The second kappa shape index (κ2) is 6.54. The molecule has 6 nitrogen and oxygen atoms in total. The molecule has 0 spiro atoms. The molecule has 2 rings (SSSR count). The number of ether oxygens (including phenoxy) is 1. The third kappa shape index (κ3) is 3.30. The third-order valence-electron chi connectivity index (χ3n) is 4.32. The van der Waals surface area contributed by atoms with E-state index in [9.17, 15) is 9.59 Å². The van der Waals surface area contributed by atoms with Crippen LogP contribution in [0.25, 0.3) is 0 Å². The Labute approximate surface area is 120 Å². The van der Waals surface area contributed by atoms with Crippen molar-refractivity contribution in [1.29, 1.82) is 0 Å². The van der Waals surface area contributed by atoms with Gasteiger partial charge in [0.05, 0.1) is 12.1 Å². The van der Waals surface area contributed by atoms with Gasteiger partial charge in [-0.3, -0.25) is 9.59 Å². The molecule has 2 saturated heterocycles. The number of methoxy groups -OCH3 is 1. The molecule has 1 N–H and O–H groups in total. The Morgan fingerprint density at radius 1 is 1.25 bits per heavy atom. The zero-order valence-electron chi connectivity index (χ0n) is 12.6. The topological polar surface area (TPSA) is 61.9 Å². The van der Waals surface area contributed by atoms with Crippen molar-refractivity contribution in [3.8, 4) is 0 Å². The lowest BCUT2D eigenvalue weighted by molar-refractivity contribution is -0.140. The first-order valence-electron chi connectivity index (χ1n) is 7.29. The summed E-state index contributed by atoms with van der Waals surface area (Å²) in [6.07, 6.45) is 2.41. The second-order valence-corrected chi connectivity index (χ2v) is 5.89. The van der Waals surface area contributed by atoms with Crippen LogP contribution in [-0.2, 0) is 14.3 Å². The summed E-state index contributed by atoms with van der Waals surface area (Å²) in [7, 11) is 5.25. The van der Waals surface area contributed by atoms with Gasteiger partial charge in [-0.15, -0.1) is 0 Å². The highest BCUT2D eigenvalue weighted by molar-refractivity contribution is 5.83. The van der Waals surface area contributed by atoms with Crippen molar-refractivity contribution in [3.63, 3.8) is 0 Å². The largest absolute Gasteiger partial charge is 0.380 e. The molecule has 2 aliphatic rings. The van der Waals surface area contributed by atoms with Gasteiger partial charge in [-0.2, -0.15) is 0 Å². The Balaban J connectivity index is 1.82. The van der Waals surface area contributed by atoms with E-state index >= 15 is 0 Å². The molecule has 2 aliphatic heterocycles. The van der Waals surface area contributed by atoms with Crippen LogP contribution in [0.3, 0.4) is 0 Å². The van der Waals surface area contributed by atoms with Crippen molar-refractivity contribution in [2.24, 2.45) is 5.92 Å². The number of nitrogens with zero attached hydrogens (tertiary/aromatic N) is 2. The van der Waals surface area contributed by atoms with Crippen LogP contribution in [-0.4, -0.2) is 74.6 Å². The fourth-order valence-corrected chi connectivity index (χ4v) is 3.00. The van der Waals surface area contributed by atoms with E-state index in [4.69, 9.17) is 4.74 Å². The van der Waals surface area contributed by atoms with Gasteiger partial charge < -0.3 is 19.9 Å². The number of nitrogens with one attached hydrogen (secondary N) is 1. The number of rotatable bonds is 3. The van der Waals surface area contributed by atoms with Crippen molar-refractivity contribution < 1.29 is 14.3 Å². The van der Waals surface area contributed by atoms with Gasteiger partial charge in [-0.1, -0.05) is 0 Å². The van der Waals surface area contributed by atoms with Crippen LogP contribution in [0.15, 0.2) is 0 Å². The Morgan fingerprint density at radius 2 is 1.90 bits per heavy atom. The molecule has 2 fully saturated rings. The number of hydrogen-bond acceptors (Lipinski definition) is 4. The summed E-state index contributed by atoms with van der Waals surface area (Å²) in [5.74, 6) is 0.396. The minimum atomic E-state index is -0.124. The molecule has 0 saturated carbocycles. The first-order chi connectivity index (χ1) is 9.52. The molecule has 2 atom stereocenters. The predicted molar refractivity (Wildman–Crippen MR) is 75.2 cm³/mol. The van der Waals surface area contributed by atoms with Crippen LogP contribution in [0.4, 0.5) is 0 Å². The van der Waals surface area contributed by atoms with E-state index in [0.717, 1.165) is 25.8 Å². The number of piperidine rings is 1. The number of likely N-dealkylation sites (tertiary alicyclic amines) is 1. The monoisotopic (exact) mass is 283 g/mol. The van der Waals surface area contributed by atoms with E-state index in [1.165, 1.54) is 0 Å². The Morgan fingerprint density at radius 3 is 2.40 bits per heavy atom. The van der Waals surface area contributed by atoms with Crippen molar-refractivity contribution in [1.82, 2.24) is 15.1 Å². The summed E-state index contributed by atoms with van der Waals surface area (Å²) < 4.78 is 5.27. The Bertz CT molecular complexity index is 365. The molecule has 0 aromatic rings. The maximum absolute atomic E-state index is 12.4. The third-order valence-corrected chi connectivity index (χ3v) is 4.32. The fourth-order valence-electron chi connectivity index (χ4n) is 3.00. The summed E-state index contributed by atoms with van der Waals surface area (Å²) in [4.78, 5) is 27.8. The van der Waals surface area contributed by atoms with E-state index in [-0.39, 0.29) is 29.9 Å². The minimum Gasteiger partial charge on any atom is -0.380 e. The first-order valence-corrected chi connectivity index (χ1v) is 7.29. The molecular weight excluding hydrogens is 258 g/mol. The van der Waals surface area contributed by atoms with Gasteiger partial charge >= 0.3 is 0 Å². The van der Waals surface area contributed by atoms with Gasteiger partial charge in [-0.25, -0.2) is 0 Å². The number of amides is 2. The maximum Gasteiger partial charge on any atom is 0.239 e.